The van der Waals surface area contributed by atoms with E-state index >= 15 is 0 Å². The maximum Gasteiger partial charge on any atom is 0.414 e. The maximum atomic E-state index is 11.6. The number of ether oxygens (including phenoxy) is 1. The monoisotopic (exact) mass is 222 g/mol. The molecule has 0 saturated heterocycles. The van der Waals surface area contributed by atoms with Crippen LogP contribution < -0.4 is 10.6 Å². The minimum absolute atomic E-state index is 0.0520. The van der Waals surface area contributed by atoms with Crippen LogP contribution in [0.2, 0.25) is 0 Å². The van der Waals surface area contributed by atoms with Crippen LogP contribution in [0.25, 0.3) is 0 Å². The summed E-state index contributed by atoms with van der Waals surface area (Å²) in [6, 6.07) is 7.62. The number of benzene rings is 1. The number of hydrogen-bond acceptors (Lipinski definition) is 3. The number of nitrogens with zero attached hydrogens (tertiary/aromatic N) is 1. The first-order chi connectivity index (χ1) is 7.60. The fourth-order valence-electron chi connectivity index (χ4n) is 1.51. The van der Waals surface area contributed by atoms with Crippen LogP contribution in [0.1, 0.15) is 19.4 Å². The summed E-state index contributed by atoms with van der Waals surface area (Å²) < 4.78 is 4.75. The van der Waals surface area contributed by atoms with Crippen molar-refractivity contribution < 1.29 is 9.53 Å². The highest BCUT2D eigenvalue weighted by Gasteiger charge is 2.19. The van der Waals surface area contributed by atoms with Gasteiger partial charge in [0.2, 0.25) is 0 Å². The quantitative estimate of drug-likeness (QED) is 0.852. The molecule has 0 aliphatic heterocycles. The largest absolute Gasteiger partial charge is 0.452 e. The predicted molar refractivity (Wildman–Crippen MR) is 64.4 cm³/mol. The van der Waals surface area contributed by atoms with Gasteiger partial charge in [0.05, 0.1) is 7.11 Å². The third-order valence-electron chi connectivity index (χ3n) is 2.34. The first-order valence-corrected chi connectivity index (χ1v) is 5.26. The SMILES string of the molecule is COC(=O)N(c1ccc(CN)cc1)C(C)C. The zero-order valence-corrected chi connectivity index (χ0v) is 9.93. The fraction of sp³-hybridized carbons (Fsp3) is 0.417. The van der Waals surface area contributed by atoms with Gasteiger partial charge in [0.15, 0.2) is 0 Å². The van der Waals surface area contributed by atoms with Crippen LogP contribution >= 0.6 is 0 Å². The Morgan fingerprint density at radius 1 is 1.38 bits per heavy atom. The molecule has 1 aromatic carbocycles. The van der Waals surface area contributed by atoms with Crippen molar-refractivity contribution in [3.63, 3.8) is 0 Å². The molecule has 0 atom stereocenters. The Labute approximate surface area is 96.0 Å². The molecular weight excluding hydrogens is 204 g/mol. The molecule has 4 nitrogen and oxygen atoms in total. The molecule has 2 N–H and O–H groups in total. The lowest BCUT2D eigenvalue weighted by atomic mass is 10.2. The number of rotatable bonds is 3. The van der Waals surface area contributed by atoms with Crippen molar-refractivity contribution in [3.8, 4) is 0 Å². The van der Waals surface area contributed by atoms with E-state index in [-0.39, 0.29) is 12.1 Å². The lowest BCUT2D eigenvalue weighted by Gasteiger charge is -2.25. The number of nitrogens with two attached hydrogens (primary N) is 1. The molecule has 0 aromatic heterocycles. The number of carbonyl (C=O) groups is 1. The Morgan fingerprint density at radius 3 is 2.31 bits per heavy atom. The van der Waals surface area contributed by atoms with Crippen LogP contribution in [-0.2, 0) is 11.3 Å². The first-order valence-electron chi connectivity index (χ1n) is 5.26. The van der Waals surface area contributed by atoms with Gasteiger partial charge in [-0.15, -0.1) is 0 Å². The number of hydrogen-bond donors (Lipinski definition) is 1. The van der Waals surface area contributed by atoms with Crippen molar-refractivity contribution in [2.45, 2.75) is 26.4 Å². The molecule has 16 heavy (non-hydrogen) atoms. The molecule has 4 heteroatoms. The Hall–Kier alpha value is -1.55. The van der Waals surface area contributed by atoms with E-state index in [4.69, 9.17) is 10.5 Å². The van der Waals surface area contributed by atoms with Crippen molar-refractivity contribution in [1.29, 1.82) is 0 Å². The third kappa shape index (κ3) is 2.73. The summed E-state index contributed by atoms with van der Waals surface area (Å²) in [7, 11) is 1.38. The zero-order valence-electron chi connectivity index (χ0n) is 9.93. The molecule has 0 fully saturated rings. The van der Waals surface area contributed by atoms with E-state index in [1.807, 2.05) is 38.1 Å². The van der Waals surface area contributed by atoms with E-state index in [1.54, 1.807) is 4.90 Å². The second-order valence-electron chi connectivity index (χ2n) is 3.80. The van der Waals surface area contributed by atoms with Gasteiger partial charge in [-0.2, -0.15) is 0 Å². The van der Waals surface area contributed by atoms with Gasteiger partial charge in [-0.25, -0.2) is 4.79 Å². The van der Waals surface area contributed by atoms with Gasteiger partial charge in [0.25, 0.3) is 0 Å². The standard InChI is InChI=1S/C12H18N2O2/c1-9(2)14(12(15)16-3)11-6-4-10(8-13)5-7-11/h4-7,9H,8,13H2,1-3H3. The predicted octanol–water partition coefficient (Wildman–Crippen LogP) is 2.13. The van der Waals surface area contributed by atoms with E-state index in [9.17, 15) is 4.79 Å². The molecule has 0 aliphatic carbocycles. The van der Waals surface area contributed by atoms with Gasteiger partial charge < -0.3 is 10.5 Å². The fourth-order valence-corrected chi connectivity index (χ4v) is 1.51. The van der Waals surface area contributed by atoms with Crippen LogP contribution in [0, 0.1) is 0 Å². The molecule has 0 bridgehead atoms. The van der Waals surface area contributed by atoms with Crippen molar-refractivity contribution in [2.24, 2.45) is 5.73 Å². The Balaban J connectivity index is 2.97. The molecule has 1 aromatic rings. The number of carbonyl (C=O) groups excluding carboxylic acids is 1. The average Bonchev–Trinajstić information content (AvgIpc) is 2.29. The van der Waals surface area contributed by atoms with Crippen molar-refractivity contribution in [3.05, 3.63) is 29.8 Å². The first kappa shape index (κ1) is 12.5. The van der Waals surface area contributed by atoms with Crippen molar-refractivity contribution in [2.75, 3.05) is 12.0 Å². The Morgan fingerprint density at radius 2 is 1.94 bits per heavy atom. The Bertz CT molecular complexity index is 347. The summed E-state index contributed by atoms with van der Waals surface area (Å²) in [4.78, 5) is 13.2. The normalized spacial score (nSPS) is 10.3. The minimum atomic E-state index is -0.351. The molecule has 0 radical (unpaired) electrons. The van der Waals surface area contributed by atoms with E-state index in [0.29, 0.717) is 6.54 Å². The van der Waals surface area contributed by atoms with Gasteiger partial charge >= 0.3 is 6.09 Å². The van der Waals surface area contributed by atoms with Gasteiger partial charge in [-0.1, -0.05) is 12.1 Å². The lowest BCUT2D eigenvalue weighted by Crippen LogP contribution is -2.36. The summed E-state index contributed by atoms with van der Waals surface area (Å²) in [5, 5.41) is 0. The summed E-state index contributed by atoms with van der Waals surface area (Å²) in [5.74, 6) is 0. The highest BCUT2D eigenvalue weighted by molar-refractivity contribution is 5.88. The topological polar surface area (TPSA) is 55.6 Å². The van der Waals surface area contributed by atoms with Crippen LogP contribution in [0.5, 0.6) is 0 Å². The van der Waals surface area contributed by atoms with Crippen LogP contribution in [0.4, 0.5) is 10.5 Å². The average molecular weight is 222 g/mol. The summed E-state index contributed by atoms with van der Waals surface area (Å²) in [6.07, 6.45) is -0.351. The molecule has 0 unspecified atom stereocenters. The number of methoxy groups -OCH3 is 1. The van der Waals surface area contributed by atoms with Gasteiger partial charge in [-0.05, 0) is 31.5 Å². The maximum absolute atomic E-state index is 11.6. The van der Waals surface area contributed by atoms with E-state index < -0.39 is 0 Å². The van der Waals surface area contributed by atoms with E-state index in [0.717, 1.165) is 11.3 Å². The molecule has 0 heterocycles. The lowest BCUT2D eigenvalue weighted by molar-refractivity contribution is 0.177. The van der Waals surface area contributed by atoms with Crippen LogP contribution in [0.15, 0.2) is 24.3 Å². The van der Waals surface area contributed by atoms with Gasteiger partial charge in [-0.3, -0.25) is 4.90 Å². The number of amides is 1. The van der Waals surface area contributed by atoms with Crippen LogP contribution in [-0.4, -0.2) is 19.2 Å². The second kappa shape index (κ2) is 5.51. The molecule has 0 aliphatic rings. The molecule has 1 amide bonds. The van der Waals surface area contributed by atoms with Crippen LogP contribution in [0.3, 0.4) is 0 Å². The second-order valence-corrected chi connectivity index (χ2v) is 3.80. The molecule has 1 rings (SSSR count). The van der Waals surface area contributed by atoms with Gasteiger partial charge in [0, 0.05) is 18.3 Å². The third-order valence-corrected chi connectivity index (χ3v) is 2.34. The summed E-state index contributed by atoms with van der Waals surface area (Å²) in [5.41, 5.74) is 7.37. The smallest absolute Gasteiger partial charge is 0.414 e. The minimum Gasteiger partial charge on any atom is -0.452 e. The van der Waals surface area contributed by atoms with Crippen molar-refractivity contribution >= 4 is 11.8 Å². The highest BCUT2D eigenvalue weighted by Crippen LogP contribution is 2.18. The van der Waals surface area contributed by atoms with E-state index in [2.05, 4.69) is 0 Å². The summed E-state index contributed by atoms with van der Waals surface area (Å²) >= 11 is 0. The van der Waals surface area contributed by atoms with Gasteiger partial charge in [0.1, 0.15) is 0 Å². The summed E-state index contributed by atoms with van der Waals surface area (Å²) in [6.45, 7) is 4.38. The van der Waals surface area contributed by atoms with E-state index in [1.165, 1.54) is 7.11 Å². The zero-order chi connectivity index (χ0) is 12.1. The molecule has 88 valence electrons. The molecule has 0 saturated carbocycles. The van der Waals surface area contributed by atoms with Crippen molar-refractivity contribution in [1.82, 2.24) is 0 Å². The number of anilines is 1. The highest BCUT2D eigenvalue weighted by atomic mass is 16.5. The molecule has 0 spiro atoms. The Kier molecular flexibility index (Phi) is 4.31. The molecular formula is C12H18N2O2.